The third-order valence-corrected chi connectivity index (χ3v) is 4.52. The Kier molecular flexibility index (Phi) is 6.27. The summed E-state index contributed by atoms with van der Waals surface area (Å²) in [7, 11) is 0. The van der Waals surface area contributed by atoms with E-state index in [0.29, 0.717) is 11.5 Å². The fraction of sp³-hybridized carbons (Fsp3) is 0.381. The number of hydrogen-bond donors (Lipinski definition) is 3. The lowest BCUT2D eigenvalue weighted by Crippen LogP contribution is -2.32. The molecule has 0 amide bonds. The van der Waals surface area contributed by atoms with Crippen molar-refractivity contribution >= 4 is 5.97 Å². The summed E-state index contributed by atoms with van der Waals surface area (Å²) in [5.74, 6) is 0.759. The molecule has 0 aliphatic heterocycles. The SMILES string of the molecule is CCc1cc(Oc2c(C)cc(CC(N)C(=O)O)cc2CC)cc(C)c1O. The average molecular weight is 357 g/mol. The molecule has 140 valence electrons. The minimum Gasteiger partial charge on any atom is -0.507 e. The molecule has 1 unspecified atom stereocenters. The molecule has 0 heterocycles. The van der Waals surface area contributed by atoms with Crippen molar-refractivity contribution in [3.63, 3.8) is 0 Å². The van der Waals surface area contributed by atoms with Crippen molar-refractivity contribution in [1.29, 1.82) is 0 Å². The molecule has 0 radical (unpaired) electrons. The zero-order chi connectivity index (χ0) is 19.4. The van der Waals surface area contributed by atoms with Gasteiger partial charge in [-0.05, 0) is 73.1 Å². The molecule has 26 heavy (non-hydrogen) atoms. The molecule has 0 spiro atoms. The lowest BCUT2D eigenvalue weighted by atomic mass is 9.98. The van der Waals surface area contributed by atoms with Crippen LogP contribution in [0.25, 0.3) is 0 Å². The average Bonchev–Trinajstić information content (AvgIpc) is 2.59. The molecule has 0 saturated carbocycles. The molecule has 5 nitrogen and oxygen atoms in total. The van der Waals surface area contributed by atoms with Crippen molar-refractivity contribution in [3.8, 4) is 17.2 Å². The Morgan fingerprint density at radius 2 is 1.73 bits per heavy atom. The third-order valence-electron chi connectivity index (χ3n) is 4.52. The van der Waals surface area contributed by atoms with E-state index in [1.807, 2.05) is 52.0 Å². The summed E-state index contributed by atoms with van der Waals surface area (Å²) in [6.45, 7) is 7.81. The van der Waals surface area contributed by atoms with Gasteiger partial charge in [0.25, 0.3) is 0 Å². The van der Waals surface area contributed by atoms with Gasteiger partial charge in [0.1, 0.15) is 23.3 Å². The van der Waals surface area contributed by atoms with Gasteiger partial charge in [-0.15, -0.1) is 0 Å². The van der Waals surface area contributed by atoms with Crippen molar-refractivity contribution in [2.75, 3.05) is 0 Å². The summed E-state index contributed by atoms with van der Waals surface area (Å²) in [6, 6.07) is 6.64. The Morgan fingerprint density at radius 1 is 1.08 bits per heavy atom. The lowest BCUT2D eigenvalue weighted by Gasteiger charge is -2.17. The monoisotopic (exact) mass is 357 g/mol. The fourth-order valence-electron chi connectivity index (χ4n) is 3.06. The number of aryl methyl sites for hydroxylation is 4. The van der Waals surface area contributed by atoms with Crippen molar-refractivity contribution in [3.05, 3.63) is 52.1 Å². The zero-order valence-electron chi connectivity index (χ0n) is 15.8. The number of aliphatic carboxylic acids is 1. The first-order valence-corrected chi connectivity index (χ1v) is 8.87. The van der Waals surface area contributed by atoms with E-state index in [-0.39, 0.29) is 6.42 Å². The maximum Gasteiger partial charge on any atom is 0.320 e. The maximum atomic E-state index is 11.0. The highest BCUT2D eigenvalue weighted by Gasteiger charge is 2.16. The van der Waals surface area contributed by atoms with Crippen LogP contribution in [-0.2, 0) is 24.1 Å². The highest BCUT2D eigenvalue weighted by atomic mass is 16.5. The number of ether oxygens (including phenoxy) is 1. The van der Waals surface area contributed by atoms with E-state index in [4.69, 9.17) is 15.6 Å². The number of carboxylic acid groups (broad SMARTS) is 1. The molecule has 1 atom stereocenters. The Balaban J connectivity index is 2.38. The quantitative estimate of drug-likeness (QED) is 0.699. The number of rotatable bonds is 7. The first-order chi connectivity index (χ1) is 12.3. The third kappa shape index (κ3) is 4.35. The molecule has 0 aliphatic rings. The molecule has 0 aromatic heterocycles. The van der Waals surface area contributed by atoms with Gasteiger partial charge in [0.15, 0.2) is 0 Å². The van der Waals surface area contributed by atoms with Gasteiger partial charge in [0.2, 0.25) is 0 Å². The predicted molar refractivity (Wildman–Crippen MR) is 102 cm³/mol. The smallest absolute Gasteiger partial charge is 0.320 e. The van der Waals surface area contributed by atoms with E-state index in [1.54, 1.807) is 0 Å². The van der Waals surface area contributed by atoms with Gasteiger partial charge in [-0.1, -0.05) is 26.0 Å². The molecule has 0 aliphatic carbocycles. The second-order valence-electron chi connectivity index (χ2n) is 6.61. The number of aromatic hydroxyl groups is 1. The van der Waals surface area contributed by atoms with Crippen molar-refractivity contribution < 1.29 is 19.7 Å². The van der Waals surface area contributed by atoms with Gasteiger partial charge >= 0.3 is 5.97 Å². The van der Waals surface area contributed by atoms with E-state index < -0.39 is 12.0 Å². The second kappa shape index (κ2) is 8.23. The zero-order valence-corrected chi connectivity index (χ0v) is 15.8. The van der Waals surface area contributed by atoms with Crippen LogP contribution in [0.15, 0.2) is 24.3 Å². The van der Waals surface area contributed by atoms with E-state index in [9.17, 15) is 9.90 Å². The second-order valence-corrected chi connectivity index (χ2v) is 6.61. The fourth-order valence-corrected chi connectivity index (χ4v) is 3.06. The van der Waals surface area contributed by atoms with E-state index in [2.05, 4.69) is 0 Å². The summed E-state index contributed by atoms with van der Waals surface area (Å²) in [5, 5.41) is 19.1. The Hall–Kier alpha value is -2.53. The van der Waals surface area contributed by atoms with Gasteiger partial charge in [-0.25, -0.2) is 0 Å². The highest BCUT2D eigenvalue weighted by Crippen LogP contribution is 2.35. The Morgan fingerprint density at radius 3 is 2.31 bits per heavy atom. The molecule has 0 fully saturated rings. The summed E-state index contributed by atoms with van der Waals surface area (Å²) >= 11 is 0. The minimum atomic E-state index is -1.01. The Labute approximate surface area is 154 Å². The molecule has 5 heteroatoms. The van der Waals surface area contributed by atoms with Crippen LogP contribution in [0.2, 0.25) is 0 Å². The molecule has 2 rings (SSSR count). The molecule has 2 aromatic rings. The van der Waals surface area contributed by atoms with Crippen LogP contribution in [0.5, 0.6) is 17.2 Å². The topological polar surface area (TPSA) is 92.8 Å². The van der Waals surface area contributed by atoms with Gasteiger partial charge in [0, 0.05) is 0 Å². The largest absolute Gasteiger partial charge is 0.507 e. The lowest BCUT2D eigenvalue weighted by molar-refractivity contribution is -0.138. The van der Waals surface area contributed by atoms with E-state index in [1.165, 1.54) is 0 Å². The number of hydrogen-bond acceptors (Lipinski definition) is 4. The summed E-state index contributed by atoms with van der Waals surface area (Å²) < 4.78 is 6.16. The van der Waals surface area contributed by atoms with E-state index >= 15 is 0 Å². The summed E-state index contributed by atoms with van der Waals surface area (Å²) in [4.78, 5) is 11.0. The van der Waals surface area contributed by atoms with Gasteiger partial charge in [0.05, 0.1) is 0 Å². The van der Waals surface area contributed by atoms with Gasteiger partial charge in [-0.3, -0.25) is 4.79 Å². The van der Waals surface area contributed by atoms with Crippen LogP contribution in [-0.4, -0.2) is 22.2 Å². The summed E-state index contributed by atoms with van der Waals surface area (Å²) in [5.41, 5.74) is 10.1. The first kappa shape index (κ1) is 19.8. The van der Waals surface area contributed by atoms with E-state index in [0.717, 1.165) is 46.4 Å². The van der Waals surface area contributed by atoms with Crippen LogP contribution < -0.4 is 10.5 Å². The molecule has 2 aromatic carbocycles. The minimum absolute atomic E-state index is 0.280. The van der Waals surface area contributed by atoms with Crippen LogP contribution >= 0.6 is 0 Å². The van der Waals surface area contributed by atoms with Crippen LogP contribution in [0.3, 0.4) is 0 Å². The molecule has 0 bridgehead atoms. The number of phenolic OH excluding ortho intramolecular Hbond substituents is 1. The highest BCUT2D eigenvalue weighted by molar-refractivity contribution is 5.73. The maximum absolute atomic E-state index is 11.0. The van der Waals surface area contributed by atoms with Crippen LogP contribution in [0, 0.1) is 13.8 Å². The number of benzene rings is 2. The van der Waals surface area contributed by atoms with Crippen molar-refractivity contribution in [2.24, 2.45) is 5.73 Å². The molecular formula is C21H27NO4. The van der Waals surface area contributed by atoms with Gasteiger partial charge in [-0.2, -0.15) is 0 Å². The standard InChI is InChI=1S/C21H27NO4/c1-5-15-11-17(8-12(3)19(15)23)26-20-13(4)7-14(9-16(20)6-2)10-18(22)21(24)25/h7-9,11,18,23H,5-6,10,22H2,1-4H3,(H,24,25). The number of nitrogens with two attached hydrogens (primary N) is 1. The Bertz CT molecular complexity index is 814. The van der Waals surface area contributed by atoms with Crippen molar-refractivity contribution in [1.82, 2.24) is 0 Å². The predicted octanol–water partition coefficient (Wildman–Crippen LogP) is 3.88. The first-order valence-electron chi connectivity index (χ1n) is 8.87. The number of phenols is 1. The molecular weight excluding hydrogens is 330 g/mol. The number of carboxylic acids is 1. The molecule has 4 N–H and O–H groups in total. The molecule has 0 saturated heterocycles. The number of carbonyl (C=O) groups is 1. The van der Waals surface area contributed by atoms with Gasteiger partial charge < -0.3 is 20.7 Å². The van der Waals surface area contributed by atoms with Crippen LogP contribution in [0.1, 0.15) is 41.7 Å². The van der Waals surface area contributed by atoms with Crippen molar-refractivity contribution in [2.45, 2.75) is 53.0 Å². The summed E-state index contributed by atoms with van der Waals surface area (Å²) in [6.07, 6.45) is 1.75. The normalized spacial score (nSPS) is 12.0. The van der Waals surface area contributed by atoms with Crippen LogP contribution in [0.4, 0.5) is 0 Å².